The number of methoxy groups -OCH3 is 1. The predicted molar refractivity (Wildman–Crippen MR) is 66.7 cm³/mol. The minimum Gasteiger partial charge on any atom is -0.496 e. The minimum absolute atomic E-state index is 0.308. The predicted octanol–water partition coefficient (Wildman–Crippen LogP) is 1.33. The van der Waals surface area contributed by atoms with E-state index in [-0.39, 0.29) is 6.03 Å². The molecule has 1 rings (SSSR count). The van der Waals surface area contributed by atoms with E-state index in [1.54, 1.807) is 14.2 Å². The van der Waals surface area contributed by atoms with Gasteiger partial charge in [-0.2, -0.15) is 0 Å². The van der Waals surface area contributed by atoms with E-state index in [9.17, 15) is 4.79 Å². The quantitative estimate of drug-likeness (QED) is 0.473. The third-order valence-electron chi connectivity index (χ3n) is 2.95. The van der Waals surface area contributed by atoms with Crippen molar-refractivity contribution in [3.05, 3.63) is 28.8 Å². The van der Waals surface area contributed by atoms with Gasteiger partial charge >= 0.3 is 6.03 Å². The Morgan fingerprint density at radius 3 is 2.59 bits per heavy atom. The summed E-state index contributed by atoms with van der Waals surface area (Å²) in [5.41, 5.74) is 5.40. The number of ether oxygens (including phenoxy) is 1. The monoisotopic (exact) mass is 237 g/mol. The first-order valence-corrected chi connectivity index (χ1v) is 5.36. The van der Waals surface area contributed by atoms with E-state index < -0.39 is 0 Å². The van der Waals surface area contributed by atoms with Gasteiger partial charge in [0.15, 0.2) is 0 Å². The second kappa shape index (κ2) is 5.54. The molecule has 0 aliphatic heterocycles. The number of benzene rings is 1. The van der Waals surface area contributed by atoms with E-state index in [1.807, 2.05) is 26.0 Å². The fraction of sp³-hybridized carbons (Fsp3) is 0.417. The summed E-state index contributed by atoms with van der Waals surface area (Å²) in [4.78, 5) is 12.8. The Labute approximate surface area is 102 Å². The van der Waals surface area contributed by atoms with Crippen molar-refractivity contribution in [2.45, 2.75) is 20.4 Å². The second-order valence-corrected chi connectivity index (χ2v) is 3.98. The van der Waals surface area contributed by atoms with E-state index in [0.717, 1.165) is 22.4 Å². The number of hydrogen-bond acceptors (Lipinski definition) is 3. The van der Waals surface area contributed by atoms with Gasteiger partial charge in [-0.25, -0.2) is 10.6 Å². The maximum Gasteiger partial charge on any atom is 0.331 e. The molecule has 0 fully saturated rings. The third kappa shape index (κ3) is 2.88. The molecule has 5 nitrogen and oxygen atoms in total. The molecule has 0 unspecified atom stereocenters. The van der Waals surface area contributed by atoms with Crippen LogP contribution >= 0.6 is 0 Å². The highest BCUT2D eigenvalue weighted by molar-refractivity contribution is 5.73. The lowest BCUT2D eigenvalue weighted by atomic mass is 10.0. The lowest BCUT2D eigenvalue weighted by Gasteiger charge is -2.19. The molecule has 0 radical (unpaired) electrons. The van der Waals surface area contributed by atoms with Crippen molar-refractivity contribution >= 4 is 6.03 Å². The van der Waals surface area contributed by atoms with E-state index >= 15 is 0 Å². The van der Waals surface area contributed by atoms with Gasteiger partial charge in [0.2, 0.25) is 0 Å². The molecule has 5 heteroatoms. The summed E-state index contributed by atoms with van der Waals surface area (Å²) in [7, 11) is 3.34. The van der Waals surface area contributed by atoms with Crippen LogP contribution in [0.15, 0.2) is 12.1 Å². The number of nitrogens with two attached hydrogens (primary N) is 1. The van der Waals surface area contributed by atoms with Gasteiger partial charge in [0.25, 0.3) is 0 Å². The van der Waals surface area contributed by atoms with E-state index in [4.69, 9.17) is 10.6 Å². The van der Waals surface area contributed by atoms with Crippen LogP contribution in [0.1, 0.15) is 16.7 Å². The number of carbonyl (C=O) groups excluding carboxylic acids is 1. The lowest BCUT2D eigenvalue weighted by molar-refractivity contribution is 0.207. The van der Waals surface area contributed by atoms with Gasteiger partial charge < -0.3 is 9.64 Å². The molecule has 0 aliphatic carbocycles. The zero-order valence-electron chi connectivity index (χ0n) is 10.7. The Kier molecular flexibility index (Phi) is 4.34. The highest BCUT2D eigenvalue weighted by Crippen LogP contribution is 2.24. The first-order valence-electron chi connectivity index (χ1n) is 5.36. The molecule has 17 heavy (non-hydrogen) atoms. The largest absolute Gasteiger partial charge is 0.496 e. The summed E-state index contributed by atoms with van der Waals surface area (Å²) in [6, 6.07) is 3.56. The summed E-state index contributed by atoms with van der Waals surface area (Å²) in [6.07, 6.45) is 0. The standard InChI is InChI=1S/C12H19N3O2/c1-8-9(2)11(17-4)6-5-10(8)7-15(3)12(16)14-13/h5-6H,7,13H2,1-4H3,(H,14,16). The van der Waals surface area contributed by atoms with E-state index in [1.165, 1.54) is 4.90 Å². The van der Waals surface area contributed by atoms with Crippen LogP contribution in [0.5, 0.6) is 5.75 Å². The number of urea groups is 1. The highest BCUT2D eigenvalue weighted by Gasteiger charge is 2.11. The number of carbonyl (C=O) groups is 1. The number of nitrogens with zero attached hydrogens (tertiary/aromatic N) is 1. The molecule has 0 aliphatic rings. The Hall–Kier alpha value is -1.75. The van der Waals surface area contributed by atoms with Gasteiger partial charge in [-0.3, -0.25) is 5.43 Å². The van der Waals surface area contributed by atoms with Crippen LogP contribution < -0.4 is 16.0 Å². The number of rotatable bonds is 3. The Morgan fingerprint density at radius 2 is 2.06 bits per heavy atom. The number of nitrogens with one attached hydrogen (secondary N) is 1. The van der Waals surface area contributed by atoms with Crippen LogP contribution in [0.2, 0.25) is 0 Å². The van der Waals surface area contributed by atoms with Gasteiger partial charge in [0, 0.05) is 13.6 Å². The molecule has 94 valence electrons. The molecule has 0 heterocycles. The van der Waals surface area contributed by atoms with Gasteiger partial charge in [0.05, 0.1) is 7.11 Å². The molecule has 1 aromatic carbocycles. The van der Waals surface area contributed by atoms with Crippen LogP contribution in [0.3, 0.4) is 0 Å². The molecule has 1 aromatic rings. The summed E-state index contributed by atoms with van der Waals surface area (Å²) in [6.45, 7) is 4.53. The normalized spacial score (nSPS) is 9.94. The summed E-state index contributed by atoms with van der Waals surface area (Å²) < 4.78 is 5.24. The molecule has 3 N–H and O–H groups in total. The summed E-state index contributed by atoms with van der Waals surface area (Å²) >= 11 is 0. The average Bonchev–Trinajstić information content (AvgIpc) is 2.34. The van der Waals surface area contributed by atoms with E-state index in [0.29, 0.717) is 6.54 Å². The molecule has 0 saturated carbocycles. The van der Waals surface area contributed by atoms with Gasteiger partial charge in [0.1, 0.15) is 5.75 Å². The molecule has 0 spiro atoms. The second-order valence-electron chi connectivity index (χ2n) is 3.98. The van der Waals surface area contributed by atoms with Crippen LogP contribution in [-0.2, 0) is 6.54 Å². The molecule has 0 aromatic heterocycles. The van der Waals surface area contributed by atoms with Crippen LogP contribution in [0, 0.1) is 13.8 Å². The lowest BCUT2D eigenvalue weighted by Crippen LogP contribution is -2.40. The summed E-state index contributed by atoms with van der Waals surface area (Å²) in [5, 5.41) is 0. The molecule has 0 atom stereocenters. The van der Waals surface area contributed by atoms with Crippen molar-refractivity contribution in [1.82, 2.24) is 10.3 Å². The maximum absolute atomic E-state index is 11.3. The SMILES string of the molecule is COc1ccc(CN(C)C(=O)NN)c(C)c1C. The smallest absolute Gasteiger partial charge is 0.331 e. The number of amides is 2. The average molecular weight is 237 g/mol. The van der Waals surface area contributed by atoms with Crippen molar-refractivity contribution < 1.29 is 9.53 Å². The molecule has 2 amide bonds. The fourth-order valence-corrected chi connectivity index (χ4v) is 1.68. The fourth-order valence-electron chi connectivity index (χ4n) is 1.68. The number of hydrazine groups is 1. The molecule has 0 bridgehead atoms. The first kappa shape index (κ1) is 13.3. The maximum atomic E-state index is 11.3. The Morgan fingerprint density at radius 1 is 1.41 bits per heavy atom. The van der Waals surface area contributed by atoms with Gasteiger partial charge in [-0.1, -0.05) is 6.07 Å². The third-order valence-corrected chi connectivity index (χ3v) is 2.95. The van der Waals surface area contributed by atoms with Gasteiger partial charge in [-0.05, 0) is 36.6 Å². The summed E-state index contributed by atoms with van der Waals surface area (Å²) in [5.74, 6) is 5.94. The van der Waals surface area contributed by atoms with Crippen molar-refractivity contribution in [2.75, 3.05) is 14.2 Å². The zero-order valence-corrected chi connectivity index (χ0v) is 10.7. The van der Waals surface area contributed by atoms with Crippen molar-refractivity contribution in [3.63, 3.8) is 0 Å². The Balaban J connectivity index is 2.93. The minimum atomic E-state index is -0.308. The zero-order chi connectivity index (χ0) is 13.0. The van der Waals surface area contributed by atoms with E-state index in [2.05, 4.69) is 5.43 Å². The molecular formula is C12H19N3O2. The van der Waals surface area contributed by atoms with Gasteiger partial charge in [-0.15, -0.1) is 0 Å². The first-order chi connectivity index (χ1) is 8.01. The van der Waals surface area contributed by atoms with Crippen molar-refractivity contribution in [1.29, 1.82) is 0 Å². The van der Waals surface area contributed by atoms with Crippen molar-refractivity contribution in [3.8, 4) is 5.75 Å². The van der Waals surface area contributed by atoms with Crippen molar-refractivity contribution in [2.24, 2.45) is 5.84 Å². The van der Waals surface area contributed by atoms with Crippen LogP contribution in [0.25, 0.3) is 0 Å². The van der Waals surface area contributed by atoms with Crippen LogP contribution in [0.4, 0.5) is 4.79 Å². The molecular weight excluding hydrogens is 218 g/mol. The Bertz CT molecular complexity index is 418. The number of hydrogen-bond donors (Lipinski definition) is 2. The van der Waals surface area contributed by atoms with Crippen LogP contribution in [-0.4, -0.2) is 25.1 Å². The highest BCUT2D eigenvalue weighted by atomic mass is 16.5. The molecule has 0 saturated heterocycles. The topological polar surface area (TPSA) is 67.6 Å².